The van der Waals surface area contributed by atoms with Crippen molar-refractivity contribution in [1.82, 2.24) is 14.7 Å². The summed E-state index contributed by atoms with van der Waals surface area (Å²) >= 11 is 0. The minimum atomic E-state index is -0.321. The summed E-state index contributed by atoms with van der Waals surface area (Å²) in [6.45, 7) is 30.6. The molecule has 0 bridgehead atoms. The number of nitrogens with two attached hydrogens (primary N) is 1. The van der Waals surface area contributed by atoms with Crippen LogP contribution in [0.5, 0.6) is 0 Å². The number of fused-ring (bicyclic) bond motifs is 7. The maximum atomic E-state index is 14.3. The number of aliphatic hydroxyl groups is 1. The van der Waals surface area contributed by atoms with Crippen LogP contribution in [-0.4, -0.2) is 90.1 Å². The van der Waals surface area contributed by atoms with E-state index < -0.39 is 0 Å². The monoisotopic (exact) mass is 765 g/mol. The Labute approximate surface area is 335 Å². The number of piperazine rings is 1. The Morgan fingerprint density at radius 2 is 1.64 bits per heavy atom. The third-order valence-corrected chi connectivity index (χ3v) is 18.1. The first-order valence-electron chi connectivity index (χ1n) is 22.2. The van der Waals surface area contributed by atoms with E-state index in [2.05, 4.69) is 73.4 Å². The lowest BCUT2D eigenvalue weighted by molar-refractivity contribution is -0.256. The van der Waals surface area contributed by atoms with E-state index in [0.29, 0.717) is 56.0 Å². The van der Waals surface area contributed by atoms with Crippen molar-refractivity contribution < 1.29 is 19.4 Å². The standard InChI is InChI=1S/C47H80N4O4/c1-13-34-14-20-46(30-38(53)51-27-26-50(39(54)31-51)25-24-49(11)12)23-22-45(10)44(9)19-15-35-42(6,7)37(55-33(3)29-41(4,5)28-32(2)52)17-18-43(35,8)36(44)16-21-47(45,48)40(34)46/h34-37,40,52H,2-3,13-31,48H2,1,4-12H3/t34-,35+,36-,37?,40+,43+,44-,45+,46-,47?/m1/s1. The van der Waals surface area contributed by atoms with Gasteiger partial charge in [-0.1, -0.05) is 75.0 Å². The second kappa shape index (κ2) is 14.6. The van der Waals surface area contributed by atoms with E-state index in [1.807, 2.05) is 23.9 Å². The van der Waals surface area contributed by atoms with Crippen molar-refractivity contribution >= 4 is 11.8 Å². The largest absolute Gasteiger partial charge is 0.513 e. The summed E-state index contributed by atoms with van der Waals surface area (Å²) in [7, 11) is 4.07. The number of amides is 2. The number of carbonyl (C=O) groups is 2. The molecule has 1 saturated heterocycles. The minimum absolute atomic E-state index is 0.000198. The van der Waals surface area contributed by atoms with E-state index in [-0.39, 0.29) is 68.3 Å². The number of aliphatic hydroxyl groups excluding tert-OH is 1. The molecule has 8 nitrogen and oxygen atoms in total. The SMILES string of the molecule is C=C(O)CC(C)(C)CC(=C)OC1CC[C@]2(C)[C@H]3CCC4(N)[C@H]5[C@H](CC)CC[C@]5(CC(=O)N5CCN(CCN(C)C)C(=O)C5)CC[C@@]4(C)[C@]3(C)CC[C@H]2C1(C)C. The number of likely N-dealkylation sites (N-methyl/N-ethyl adjacent to an activating group) is 1. The number of carbonyl (C=O) groups excluding carboxylic acids is 2. The fraction of sp³-hybridized carbons (Fsp3) is 0.872. The van der Waals surface area contributed by atoms with E-state index in [1.165, 1.54) is 12.8 Å². The minimum Gasteiger partial charge on any atom is -0.513 e. The third-order valence-electron chi connectivity index (χ3n) is 18.1. The maximum Gasteiger partial charge on any atom is 0.242 e. The molecule has 10 atom stereocenters. The Balaban J connectivity index is 1.21. The van der Waals surface area contributed by atoms with Crippen molar-refractivity contribution in [2.75, 3.05) is 46.8 Å². The Morgan fingerprint density at radius 1 is 0.945 bits per heavy atom. The number of ether oxygens (including phenoxy) is 1. The van der Waals surface area contributed by atoms with Crippen LogP contribution in [0.25, 0.3) is 0 Å². The topological polar surface area (TPSA) is 99.3 Å². The molecule has 0 spiro atoms. The zero-order chi connectivity index (χ0) is 40.6. The first-order valence-corrected chi connectivity index (χ1v) is 22.2. The van der Waals surface area contributed by atoms with Gasteiger partial charge in [-0.25, -0.2) is 0 Å². The summed E-state index contributed by atoms with van der Waals surface area (Å²) in [5.41, 5.74) is 7.89. The van der Waals surface area contributed by atoms with Crippen LogP contribution in [0.3, 0.4) is 0 Å². The molecule has 6 fully saturated rings. The van der Waals surface area contributed by atoms with Crippen molar-refractivity contribution in [3.63, 3.8) is 0 Å². The van der Waals surface area contributed by atoms with Crippen molar-refractivity contribution in [3.8, 4) is 0 Å². The van der Waals surface area contributed by atoms with Crippen molar-refractivity contribution in [2.45, 2.75) is 157 Å². The maximum absolute atomic E-state index is 14.3. The van der Waals surface area contributed by atoms with E-state index in [1.54, 1.807) is 0 Å². The highest BCUT2D eigenvalue weighted by atomic mass is 16.5. The van der Waals surface area contributed by atoms with Crippen molar-refractivity contribution in [3.05, 3.63) is 24.7 Å². The van der Waals surface area contributed by atoms with Crippen LogP contribution < -0.4 is 5.73 Å². The zero-order valence-corrected chi connectivity index (χ0v) is 36.8. The van der Waals surface area contributed by atoms with Crippen LogP contribution in [-0.2, 0) is 14.3 Å². The molecule has 1 aliphatic heterocycles. The molecule has 0 aromatic carbocycles. The predicted molar refractivity (Wildman–Crippen MR) is 223 cm³/mol. The smallest absolute Gasteiger partial charge is 0.242 e. The fourth-order valence-electron chi connectivity index (χ4n) is 15.3. The number of nitrogens with zero attached hydrogens (tertiary/aromatic N) is 3. The van der Waals surface area contributed by atoms with Crippen molar-refractivity contribution in [2.24, 2.45) is 61.9 Å². The summed E-state index contributed by atoms with van der Waals surface area (Å²) in [5, 5.41) is 9.89. The van der Waals surface area contributed by atoms with Gasteiger partial charge < -0.3 is 30.3 Å². The number of hydrogen-bond donors (Lipinski definition) is 2. The van der Waals surface area contributed by atoms with Gasteiger partial charge in [0.05, 0.1) is 18.1 Å². The van der Waals surface area contributed by atoms with Crippen LogP contribution in [0.4, 0.5) is 0 Å². The van der Waals surface area contributed by atoms with E-state index in [9.17, 15) is 14.7 Å². The summed E-state index contributed by atoms with van der Waals surface area (Å²) in [5.74, 6) is 3.29. The van der Waals surface area contributed by atoms with Crippen LogP contribution in [0.2, 0.25) is 0 Å². The van der Waals surface area contributed by atoms with Gasteiger partial charge in [-0.15, -0.1) is 0 Å². The molecular weight excluding hydrogens is 685 g/mol. The molecule has 6 aliphatic rings. The highest BCUT2D eigenvalue weighted by Crippen LogP contribution is 2.78. The summed E-state index contributed by atoms with van der Waals surface area (Å²) < 4.78 is 6.81. The van der Waals surface area contributed by atoms with Crippen molar-refractivity contribution in [1.29, 1.82) is 0 Å². The molecule has 312 valence electrons. The molecule has 5 aliphatic carbocycles. The van der Waals surface area contributed by atoms with Gasteiger partial charge >= 0.3 is 0 Å². The second-order valence-corrected chi connectivity index (χ2v) is 22.3. The number of rotatable bonds is 12. The van der Waals surface area contributed by atoms with E-state index in [0.717, 1.165) is 76.6 Å². The van der Waals surface area contributed by atoms with Gasteiger partial charge in [0, 0.05) is 56.4 Å². The molecule has 1 heterocycles. The third kappa shape index (κ3) is 7.01. The highest BCUT2D eigenvalue weighted by Gasteiger charge is 2.75. The lowest BCUT2D eigenvalue weighted by atomic mass is 9.30. The molecule has 0 aromatic rings. The van der Waals surface area contributed by atoms with Crippen LogP contribution >= 0.6 is 0 Å². The van der Waals surface area contributed by atoms with Gasteiger partial charge in [0.25, 0.3) is 0 Å². The first kappa shape index (κ1) is 42.5. The Morgan fingerprint density at radius 3 is 2.27 bits per heavy atom. The normalized spacial score (nSPS) is 41.2. The van der Waals surface area contributed by atoms with Gasteiger partial charge in [0.2, 0.25) is 11.8 Å². The quantitative estimate of drug-likeness (QED) is 0.193. The molecule has 8 heteroatoms. The molecule has 5 saturated carbocycles. The lowest BCUT2D eigenvalue weighted by Crippen LogP contribution is -2.76. The number of allylic oxidation sites excluding steroid dienone is 2. The Kier molecular flexibility index (Phi) is 11.3. The molecule has 3 N–H and O–H groups in total. The average Bonchev–Trinajstić information content (AvgIpc) is 3.45. The van der Waals surface area contributed by atoms with Gasteiger partial charge in [-0.3, -0.25) is 9.59 Å². The van der Waals surface area contributed by atoms with Gasteiger partial charge in [0.1, 0.15) is 6.10 Å². The zero-order valence-electron chi connectivity index (χ0n) is 36.8. The second-order valence-electron chi connectivity index (χ2n) is 22.3. The summed E-state index contributed by atoms with van der Waals surface area (Å²) in [6.07, 6.45) is 14.2. The highest BCUT2D eigenvalue weighted by molar-refractivity contribution is 5.86. The molecule has 6 rings (SSSR count). The van der Waals surface area contributed by atoms with E-state index >= 15 is 0 Å². The molecule has 2 unspecified atom stereocenters. The Bertz CT molecular complexity index is 1510. The molecule has 0 aromatic heterocycles. The molecule has 55 heavy (non-hydrogen) atoms. The molecule has 0 radical (unpaired) electrons. The molecular formula is C47H80N4O4. The molecule has 2 amide bonds. The first-order chi connectivity index (χ1) is 25.5. The van der Waals surface area contributed by atoms with Gasteiger partial charge in [0.15, 0.2) is 0 Å². The van der Waals surface area contributed by atoms with Crippen LogP contribution in [0, 0.1) is 56.2 Å². The van der Waals surface area contributed by atoms with Gasteiger partial charge in [-0.2, -0.15) is 0 Å². The summed E-state index contributed by atoms with van der Waals surface area (Å²) in [6, 6.07) is 0. The van der Waals surface area contributed by atoms with E-state index in [4.69, 9.17) is 10.5 Å². The Hall–Kier alpha value is -2.06. The van der Waals surface area contributed by atoms with Crippen LogP contribution in [0.15, 0.2) is 24.7 Å². The predicted octanol–water partition coefficient (Wildman–Crippen LogP) is 8.96. The average molecular weight is 765 g/mol. The summed E-state index contributed by atoms with van der Waals surface area (Å²) in [4.78, 5) is 33.4. The number of hydrogen-bond acceptors (Lipinski definition) is 6. The van der Waals surface area contributed by atoms with Gasteiger partial charge in [-0.05, 0) is 129 Å². The van der Waals surface area contributed by atoms with Crippen LogP contribution in [0.1, 0.15) is 145 Å². The fourth-order valence-corrected chi connectivity index (χ4v) is 15.3. The lowest BCUT2D eigenvalue weighted by Gasteiger charge is -2.75.